The summed E-state index contributed by atoms with van der Waals surface area (Å²) in [7, 11) is 4.06. The van der Waals surface area contributed by atoms with E-state index < -0.39 is 0 Å². The predicted molar refractivity (Wildman–Crippen MR) is 123 cm³/mol. The first-order valence-corrected chi connectivity index (χ1v) is 10.3. The molecule has 156 valence electrons. The van der Waals surface area contributed by atoms with Gasteiger partial charge in [-0.1, -0.05) is 30.3 Å². The average molecular weight is 412 g/mol. The molecule has 0 aliphatic carbocycles. The van der Waals surface area contributed by atoms with Gasteiger partial charge in [0.1, 0.15) is 5.69 Å². The van der Waals surface area contributed by atoms with Crippen molar-refractivity contribution in [3.63, 3.8) is 0 Å². The van der Waals surface area contributed by atoms with Crippen LogP contribution in [0.15, 0.2) is 60.8 Å². The topological polar surface area (TPSA) is 77.2 Å². The van der Waals surface area contributed by atoms with Gasteiger partial charge in [-0.15, -0.1) is 0 Å². The van der Waals surface area contributed by atoms with E-state index >= 15 is 0 Å². The van der Waals surface area contributed by atoms with Crippen molar-refractivity contribution in [2.75, 3.05) is 30.9 Å². The van der Waals surface area contributed by atoms with Crippen LogP contribution >= 0.6 is 0 Å². The van der Waals surface area contributed by atoms with E-state index in [9.17, 15) is 4.79 Å². The highest BCUT2D eigenvalue weighted by atomic mass is 16.2. The number of para-hydroxylation sites is 1. The summed E-state index contributed by atoms with van der Waals surface area (Å²) < 4.78 is 0. The molecule has 0 radical (unpaired) electrons. The smallest absolute Gasteiger partial charge is 0.322 e. The monoisotopic (exact) mass is 412 g/mol. The van der Waals surface area contributed by atoms with Crippen LogP contribution in [0.1, 0.15) is 11.1 Å². The molecule has 2 aromatic heterocycles. The fourth-order valence-electron chi connectivity index (χ4n) is 4.08. The number of hydrogen-bond acceptors (Lipinski definition) is 4. The van der Waals surface area contributed by atoms with Gasteiger partial charge in [0.25, 0.3) is 0 Å². The number of benzene rings is 2. The van der Waals surface area contributed by atoms with Gasteiger partial charge < -0.3 is 15.1 Å². The van der Waals surface area contributed by atoms with Crippen molar-refractivity contribution in [1.29, 1.82) is 0 Å². The number of H-pyrrole nitrogens is 1. The lowest BCUT2D eigenvalue weighted by atomic mass is 9.96. The van der Waals surface area contributed by atoms with Crippen LogP contribution in [0.5, 0.6) is 0 Å². The van der Waals surface area contributed by atoms with Crippen LogP contribution in [-0.4, -0.2) is 46.8 Å². The van der Waals surface area contributed by atoms with Gasteiger partial charge in [-0.3, -0.25) is 5.10 Å². The van der Waals surface area contributed by atoms with Crippen LogP contribution in [0, 0.1) is 0 Å². The largest absolute Gasteiger partial charge is 0.378 e. The highest BCUT2D eigenvalue weighted by molar-refractivity contribution is 5.95. The van der Waals surface area contributed by atoms with Crippen LogP contribution in [0.4, 0.5) is 16.2 Å². The zero-order chi connectivity index (χ0) is 21.4. The number of urea groups is 1. The third-order valence-corrected chi connectivity index (χ3v) is 5.73. The summed E-state index contributed by atoms with van der Waals surface area (Å²) in [6, 6.07) is 17.8. The Hall–Kier alpha value is -3.87. The molecule has 1 aliphatic rings. The van der Waals surface area contributed by atoms with Gasteiger partial charge in [0.05, 0.1) is 5.39 Å². The van der Waals surface area contributed by atoms with E-state index in [2.05, 4.69) is 43.6 Å². The molecular formula is C24H24N6O. The number of nitrogens with zero attached hydrogens (tertiary/aromatic N) is 4. The summed E-state index contributed by atoms with van der Waals surface area (Å²) in [5.74, 6) is 0. The molecule has 0 saturated carbocycles. The van der Waals surface area contributed by atoms with Gasteiger partial charge in [-0.25, -0.2) is 9.78 Å². The van der Waals surface area contributed by atoms with Crippen molar-refractivity contribution in [1.82, 2.24) is 20.1 Å². The molecule has 2 aromatic carbocycles. The van der Waals surface area contributed by atoms with E-state index in [0.717, 1.165) is 45.6 Å². The molecule has 0 spiro atoms. The van der Waals surface area contributed by atoms with Gasteiger partial charge in [0.2, 0.25) is 0 Å². The van der Waals surface area contributed by atoms with Crippen molar-refractivity contribution in [2.24, 2.45) is 0 Å². The van der Waals surface area contributed by atoms with Crippen LogP contribution in [-0.2, 0) is 13.0 Å². The number of carbonyl (C=O) groups excluding carboxylic acids is 1. The third-order valence-electron chi connectivity index (χ3n) is 5.73. The number of fused-ring (bicyclic) bond motifs is 3. The molecule has 0 atom stereocenters. The molecule has 5 rings (SSSR count). The SMILES string of the molecule is CN(C)c1cccc(-c2n[nH]c3ncc4c(c23)CCN(C(=O)Nc2ccccc2)C4)c1. The van der Waals surface area contributed by atoms with Gasteiger partial charge in [-0.05, 0) is 41.8 Å². The standard InChI is InChI=1S/C24H24N6O/c1-29(2)19-10-6-7-16(13-19)22-21-20-11-12-30(15-17(20)14-25-23(21)28-27-22)24(31)26-18-8-4-3-5-9-18/h3-10,13-14H,11-12,15H2,1-2H3,(H,26,31)(H,25,27,28). The number of amides is 2. The fourth-order valence-corrected chi connectivity index (χ4v) is 4.08. The number of carbonyl (C=O) groups is 1. The molecule has 0 fully saturated rings. The molecule has 31 heavy (non-hydrogen) atoms. The van der Waals surface area contributed by atoms with Crippen molar-refractivity contribution >= 4 is 28.4 Å². The quantitative estimate of drug-likeness (QED) is 0.527. The van der Waals surface area contributed by atoms with Crippen LogP contribution < -0.4 is 10.2 Å². The van der Waals surface area contributed by atoms with Gasteiger partial charge in [0, 0.05) is 50.3 Å². The number of hydrogen-bond donors (Lipinski definition) is 2. The Bertz CT molecular complexity index is 1250. The molecule has 3 heterocycles. The Morgan fingerprint density at radius 3 is 2.77 bits per heavy atom. The molecule has 0 saturated heterocycles. The highest BCUT2D eigenvalue weighted by Crippen LogP contribution is 2.33. The predicted octanol–water partition coefficient (Wildman–Crippen LogP) is 4.28. The maximum absolute atomic E-state index is 12.8. The normalized spacial score (nSPS) is 13.2. The Kier molecular flexibility index (Phi) is 4.78. The zero-order valence-electron chi connectivity index (χ0n) is 17.6. The van der Waals surface area contributed by atoms with Crippen LogP contribution in [0.3, 0.4) is 0 Å². The molecule has 2 amide bonds. The Morgan fingerprint density at radius 2 is 1.97 bits per heavy atom. The summed E-state index contributed by atoms with van der Waals surface area (Å²) >= 11 is 0. The van der Waals surface area contributed by atoms with E-state index in [1.165, 1.54) is 5.56 Å². The minimum atomic E-state index is -0.0944. The summed E-state index contributed by atoms with van der Waals surface area (Å²) in [6.45, 7) is 1.17. The third kappa shape index (κ3) is 3.59. The Balaban J connectivity index is 1.47. The lowest BCUT2D eigenvalue weighted by molar-refractivity contribution is 0.206. The molecule has 2 N–H and O–H groups in total. The number of nitrogens with one attached hydrogen (secondary N) is 2. The van der Waals surface area contributed by atoms with E-state index in [-0.39, 0.29) is 6.03 Å². The average Bonchev–Trinajstić information content (AvgIpc) is 3.24. The highest BCUT2D eigenvalue weighted by Gasteiger charge is 2.25. The number of rotatable bonds is 3. The Morgan fingerprint density at radius 1 is 1.13 bits per heavy atom. The minimum Gasteiger partial charge on any atom is -0.378 e. The first-order valence-electron chi connectivity index (χ1n) is 10.3. The zero-order valence-corrected chi connectivity index (χ0v) is 17.6. The lowest BCUT2D eigenvalue weighted by Crippen LogP contribution is -2.39. The first-order chi connectivity index (χ1) is 15.1. The molecule has 0 unspecified atom stereocenters. The summed E-state index contributed by atoms with van der Waals surface area (Å²) in [6.07, 6.45) is 2.62. The summed E-state index contributed by atoms with van der Waals surface area (Å²) in [4.78, 5) is 21.2. The molecule has 1 aliphatic heterocycles. The van der Waals surface area contributed by atoms with Crippen LogP contribution in [0.2, 0.25) is 0 Å². The molecular weight excluding hydrogens is 388 g/mol. The van der Waals surface area contributed by atoms with E-state index in [1.807, 2.05) is 61.6 Å². The second-order valence-electron chi connectivity index (χ2n) is 7.97. The summed E-state index contributed by atoms with van der Waals surface area (Å²) in [5, 5.41) is 11.7. The number of anilines is 2. The first kappa shape index (κ1) is 19.1. The van der Waals surface area contributed by atoms with Crippen molar-refractivity contribution in [3.8, 4) is 11.3 Å². The minimum absolute atomic E-state index is 0.0944. The maximum atomic E-state index is 12.8. The van der Waals surface area contributed by atoms with Crippen molar-refractivity contribution < 1.29 is 4.79 Å². The molecule has 7 nitrogen and oxygen atoms in total. The second-order valence-corrected chi connectivity index (χ2v) is 7.97. The van der Waals surface area contributed by atoms with Gasteiger partial charge in [0.15, 0.2) is 5.65 Å². The van der Waals surface area contributed by atoms with Gasteiger partial charge in [-0.2, -0.15) is 5.10 Å². The second kappa shape index (κ2) is 7.75. The lowest BCUT2D eigenvalue weighted by Gasteiger charge is -2.29. The van der Waals surface area contributed by atoms with Gasteiger partial charge >= 0.3 is 6.03 Å². The van der Waals surface area contributed by atoms with Crippen molar-refractivity contribution in [2.45, 2.75) is 13.0 Å². The number of pyridine rings is 1. The Labute approximate surface area is 180 Å². The molecule has 4 aromatic rings. The summed E-state index contributed by atoms with van der Waals surface area (Å²) in [5.41, 5.74) is 6.94. The molecule has 7 heteroatoms. The van der Waals surface area contributed by atoms with E-state index in [0.29, 0.717) is 13.1 Å². The number of aromatic nitrogens is 3. The maximum Gasteiger partial charge on any atom is 0.322 e. The fraction of sp³-hybridized carbons (Fsp3) is 0.208. The number of aromatic amines is 1. The van der Waals surface area contributed by atoms with E-state index in [4.69, 9.17) is 0 Å². The molecule has 0 bridgehead atoms. The van der Waals surface area contributed by atoms with E-state index in [1.54, 1.807) is 0 Å². The van der Waals surface area contributed by atoms with Crippen molar-refractivity contribution in [3.05, 3.63) is 71.9 Å². The van der Waals surface area contributed by atoms with Crippen LogP contribution in [0.25, 0.3) is 22.3 Å².